The summed E-state index contributed by atoms with van der Waals surface area (Å²) in [4.78, 5) is 12.8. The summed E-state index contributed by atoms with van der Waals surface area (Å²) in [5.41, 5.74) is 1.35. The highest BCUT2D eigenvalue weighted by molar-refractivity contribution is 7.92. The number of furan rings is 1. The molecule has 0 aliphatic heterocycles. The van der Waals surface area contributed by atoms with Gasteiger partial charge in [-0.05, 0) is 54.6 Å². The number of hydrogen-bond donors (Lipinski definition) is 2. The van der Waals surface area contributed by atoms with E-state index in [2.05, 4.69) is 10.0 Å². The maximum atomic E-state index is 13.1. The molecule has 4 rings (SSSR count). The maximum absolute atomic E-state index is 13.1. The predicted octanol–water partition coefficient (Wildman–Crippen LogP) is 4.77. The SMILES string of the molecule is CNC(=O)c1c(-c2ccc(Oc3ccc(F)cc3)cc2)oc2cc(NS(C)(=O)=O)c(OC)cc12. The minimum absolute atomic E-state index is 0.185. The van der Waals surface area contributed by atoms with Crippen LogP contribution in [0.15, 0.2) is 65.1 Å². The molecule has 0 saturated heterocycles. The zero-order chi connectivity index (χ0) is 24.5. The number of nitrogens with one attached hydrogen (secondary N) is 2. The summed E-state index contributed by atoms with van der Waals surface area (Å²) >= 11 is 0. The summed E-state index contributed by atoms with van der Waals surface area (Å²) in [5, 5.41) is 3.06. The Morgan fingerprint density at radius 1 is 1.00 bits per heavy atom. The van der Waals surface area contributed by atoms with Crippen LogP contribution in [0.1, 0.15) is 10.4 Å². The summed E-state index contributed by atoms with van der Waals surface area (Å²) < 4.78 is 56.0. The van der Waals surface area contributed by atoms with Gasteiger partial charge in [0.05, 0.1) is 24.6 Å². The Labute approximate surface area is 195 Å². The number of ether oxygens (including phenoxy) is 2. The molecule has 8 nitrogen and oxygen atoms in total. The number of anilines is 1. The first kappa shape index (κ1) is 23.1. The highest BCUT2D eigenvalue weighted by atomic mass is 32.2. The standard InChI is InChI=1S/C24H21FN2O6S/c1-26-24(28)22-18-12-21(31-2)19(27-34(3,29)30)13-20(18)33-23(22)14-4-8-16(9-5-14)32-17-10-6-15(25)7-11-17/h4-13,27H,1-3H3,(H,26,28). The van der Waals surface area contributed by atoms with Gasteiger partial charge in [0.15, 0.2) is 0 Å². The van der Waals surface area contributed by atoms with Crippen LogP contribution in [-0.4, -0.2) is 34.7 Å². The first-order valence-electron chi connectivity index (χ1n) is 10.1. The summed E-state index contributed by atoms with van der Waals surface area (Å²) in [5.74, 6) is 0.767. The van der Waals surface area contributed by atoms with E-state index in [1.54, 1.807) is 30.3 Å². The fourth-order valence-electron chi connectivity index (χ4n) is 3.44. The van der Waals surface area contributed by atoms with E-state index in [0.29, 0.717) is 33.8 Å². The number of sulfonamides is 1. The molecule has 0 aliphatic carbocycles. The molecule has 0 spiro atoms. The van der Waals surface area contributed by atoms with Crippen LogP contribution in [0, 0.1) is 5.82 Å². The van der Waals surface area contributed by atoms with E-state index in [-0.39, 0.29) is 28.7 Å². The van der Waals surface area contributed by atoms with Crippen molar-refractivity contribution < 1.29 is 31.5 Å². The number of carbonyl (C=O) groups excluding carboxylic acids is 1. The van der Waals surface area contributed by atoms with E-state index in [4.69, 9.17) is 13.9 Å². The first-order valence-corrected chi connectivity index (χ1v) is 12.0. The molecular weight excluding hydrogens is 463 g/mol. The Bertz CT molecular complexity index is 1460. The van der Waals surface area contributed by atoms with Crippen molar-refractivity contribution in [3.63, 3.8) is 0 Å². The number of methoxy groups -OCH3 is 1. The van der Waals surface area contributed by atoms with Crippen molar-refractivity contribution in [3.8, 4) is 28.6 Å². The van der Waals surface area contributed by atoms with Gasteiger partial charge < -0.3 is 19.2 Å². The average Bonchev–Trinajstić information content (AvgIpc) is 3.17. The molecule has 0 atom stereocenters. The molecule has 0 unspecified atom stereocenters. The summed E-state index contributed by atoms with van der Waals surface area (Å²) in [7, 11) is -0.674. The second-order valence-corrected chi connectivity index (χ2v) is 9.14. The molecule has 10 heteroatoms. The Morgan fingerprint density at radius 2 is 1.62 bits per heavy atom. The molecule has 0 bridgehead atoms. The number of benzene rings is 3. The molecule has 34 heavy (non-hydrogen) atoms. The third-order valence-corrected chi connectivity index (χ3v) is 5.52. The van der Waals surface area contributed by atoms with E-state index >= 15 is 0 Å². The van der Waals surface area contributed by atoms with Gasteiger partial charge in [0.25, 0.3) is 5.91 Å². The zero-order valence-electron chi connectivity index (χ0n) is 18.5. The van der Waals surface area contributed by atoms with Crippen LogP contribution in [0.4, 0.5) is 10.1 Å². The van der Waals surface area contributed by atoms with Gasteiger partial charge in [-0.25, -0.2) is 12.8 Å². The van der Waals surface area contributed by atoms with Gasteiger partial charge in [-0.1, -0.05) is 0 Å². The Balaban J connectivity index is 1.77. The van der Waals surface area contributed by atoms with Crippen molar-refractivity contribution in [2.75, 3.05) is 25.1 Å². The highest BCUT2D eigenvalue weighted by Gasteiger charge is 2.24. The van der Waals surface area contributed by atoms with Crippen molar-refractivity contribution >= 4 is 32.6 Å². The van der Waals surface area contributed by atoms with Crippen molar-refractivity contribution in [2.24, 2.45) is 0 Å². The predicted molar refractivity (Wildman–Crippen MR) is 127 cm³/mol. The normalized spacial score (nSPS) is 11.3. The van der Waals surface area contributed by atoms with E-state index in [9.17, 15) is 17.6 Å². The second kappa shape index (κ2) is 9.06. The van der Waals surface area contributed by atoms with Gasteiger partial charge in [-0.15, -0.1) is 0 Å². The van der Waals surface area contributed by atoms with E-state index in [1.165, 1.54) is 44.5 Å². The van der Waals surface area contributed by atoms with Crippen LogP contribution in [0.25, 0.3) is 22.3 Å². The molecule has 2 N–H and O–H groups in total. The van der Waals surface area contributed by atoms with Gasteiger partial charge in [0.1, 0.15) is 34.4 Å². The second-order valence-electron chi connectivity index (χ2n) is 7.39. The molecule has 176 valence electrons. The Hall–Kier alpha value is -4.05. The lowest BCUT2D eigenvalue weighted by atomic mass is 10.0. The molecule has 0 fully saturated rings. The van der Waals surface area contributed by atoms with Crippen molar-refractivity contribution in [3.05, 3.63) is 72.0 Å². The molecule has 1 amide bonds. The van der Waals surface area contributed by atoms with Gasteiger partial charge in [0, 0.05) is 24.1 Å². The highest BCUT2D eigenvalue weighted by Crippen LogP contribution is 2.39. The Morgan fingerprint density at radius 3 is 2.18 bits per heavy atom. The molecular formula is C24H21FN2O6S. The van der Waals surface area contributed by atoms with Crippen molar-refractivity contribution in [1.29, 1.82) is 0 Å². The number of rotatable bonds is 7. The summed E-state index contributed by atoms with van der Waals surface area (Å²) in [6.45, 7) is 0. The lowest BCUT2D eigenvalue weighted by molar-refractivity contribution is 0.0964. The topological polar surface area (TPSA) is 107 Å². The number of fused-ring (bicyclic) bond motifs is 1. The third kappa shape index (κ3) is 4.81. The molecule has 1 heterocycles. The van der Waals surface area contributed by atoms with Crippen LogP contribution < -0.4 is 19.5 Å². The van der Waals surface area contributed by atoms with Crippen molar-refractivity contribution in [2.45, 2.75) is 0 Å². The van der Waals surface area contributed by atoms with Gasteiger partial charge >= 0.3 is 0 Å². The van der Waals surface area contributed by atoms with Crippen LogP contribution in [-0.2, 0) is 10.0 Å². The lowest BCUT2D eigenvalue weighted by Gasteiger charge is -2.09. The summed E-state index contributed by atoms with van der Waals surface area (Å²) in [6.07, 6.45) is 1.02. The first-order chi connectivity index (χ1) is 16.2. The fraction of sp³-hybridized carbons (Fsp3) is 0.125. The number of halogens is 1. The average molecular weight is 485 g/mol. The number of hydrogen-bond acceptors (Lipinski definition) is 6. The van der Waals surface area contributed by atoms with E-state index in [1.807, 2.05) is 0 Å². The molecule has 0 saturated carbocycles. The van der Waals surface area contributed by atoms with E-state index < -0.39 is 10.0 Å². The molecule has 0 radical (unpaired) electrons. The van der Waals surface area contributed by atoms with Crippen LogP contribution >= 0.6 is 0 Å². The summed E-state index contributed by atoms with van der Waals surface area (Å²) in [6, 6.07) is 15.5. The molecule has 4 aromatic rings. The molecule has 0 aliphatic rings. The van der Waals surface area contributed by atoms with Crippen LogP contribution in [0.3, 0.4) is 0 Å². The smallest absolute Gasteiger partial charge is 0.255 e. The Kier molecular flexibility index (Phi) is 6.16. The van der Waals surface area contributed by atoms with Gasteiger partial charge in [-0.2, -0.15) is 0 Å². The van der Waals surface area contributed by atoms with Gasteiger partial charge in [-0.3, -0.25) is 9.52 Å². The van der Waals surface area contributed by atoms with Crippen LogP contribution in [0.2, 0.25) is 0 Å². The third-order valence-electron chi connectivity index (χ3n) is 4.93. The minimum atomic E-state index is -3.57. The fourth-order valence-corrected chi connectivity index (χ4v) is 4.00. The van der Waals surface area contributed by atoms with Gasteiger partial charge in [0.2, 0.25) is 10.0 Å². The maximum Gasteiger partial charge on any atom is 0.255 e. The largest absolute Gasteiger partial charge is 0.495 e. The van der Waals surface area contributed by atoms with Crippen LogP contribution in [0.5, 0.6) is 17.2 Å². The zero-order valence-corrected chi connectivity index (χ0v) is 19.3. The minimum Gasteiger partial charge on any atom is -0.495 e. The number of carbonyl (C=O) groups is 1. The number of amides is 1. The van der Waals surface area contributed by atoms with E-state index in [0.717, 1.165) is 6.26 Å². The molecule has 1 aromatic heterocycles. The lowest BCUT2D eigenvalue weighted by Crippen LogP contribution is -2.18. The molecule has 3 aromatic carbocycles. The monoisotopic (exact) mass is 484 g/mol. The van der Waals surface area contributed by atoms with Crippen molar-refractivity contribution in [1.82, 2.24) is 5.32 Å². The quantitative estimate of drug-likeness (QED) is 0.391.